The van der Waals surface area contributed by atoms with E-state index < -0.39 is 5.54 Å². The van der Waals surface area contributed by atoms with E-state index in [4.69, 9.17) is 21.1 Å². The maximum Gasteiger partial charge on any atom is 0.235 e. The summed E-state index contributed by atoms with van der Waals surface area (Å²) in [5.41, 5.74) is 0.289. The predicted molar refractivity (Wildman–Crippen MR) is 71.5 cm³/mol. The van der Waals surface area contributed by atoms with Crippen LogP contribution in [0.25, 0.3) is 0 Å². The zero-order valence-electron chi connectivity index (χ0n) is 10.6. The van der Waals surface area contributed by atoms with Gasteiger partial charge in [-0.2, -0.15) is 4.99 Å². The molecule has 0 aromatic heterocycles. The van der Waals surface area contributed by atoms with E-state index in [1.807, 2.05) is 0 Å². The van der Waals surface area contributed by atoms with Gasteiger partial charge < -0.3 is 9.47 Å². The Morgan fingerprint density at radius 1 is 1.30 bits per heavy atom. The number of carbonyl (C=O) groups excluding carboxylic acids is 2. The summed E-state index contributed by atoms with van der Waals surface area (Å²) in [7, 11) is 0. The molecule has 0 atom stereocenters. The van der Waals surface area contributed by atoms with Crippen LogP contribution < -0.4 is 9.47 Å². The van der Waals surface area contributed by atoms with Crippen molar-refractivity contribution in [3.63, 3.8) is 0 Å². The van der Waals surface area contributed by atoms with Crippen LogP contribution in [0.5, 0.6) is 11.5 Å². The lowest BCUT2D eigenvalue weighted by molar-refractivity contribution is 0.110. The Labute approximate surface area is 120 Å². The molecule has 0 amide bonds. The molecule has 0 radical (unpaired) electrons. The van der Waals surface area contributed by atoms with Crippen LogP contribution in [-0.4, -0.2) is 25.6 Å². The number of hydrogen-bond acceptors (Lipinski definition) is 5. The zero-order chi connectivity index (χ0) is 14.2. The summed E-state index contributed by atoms with van der Waals surface area (Å²) in [6.45, 7) is 0.748. The van der Waals surface area contributed by atoms with E-state index in [1.54, 1.807) is 6.08 Å². The molecule has 0 bridgehead atoms. The average Bonchev–Trinajstić information content (AvgIpc) is 2.43. The van der Waals surface area contributed by atoms with Gasteiger partial charge in [0, 0.05) is 5.56 Å². The van der Waals surface area contributed by atoms with Crippen molar-refractivity contribution in [2.75, 3.05) is 13.2 Å². The van der Waals surface area contributed by atoms with Gasteiger partial charge in [-0.25, -0.2) is 4.79 Å². The van der Waals surface area contributed by atoms with Gasteiger partial charge in [0.05, 0.1) is 10.6 Å². The van der Waals surface area contributed by atoms with Gasteiger partial charge in [0.15, 0.2) is 17.8 Å². The van der Waals surface area contributed by atoms with Gasteiger partial charge in [-0.3, -0.25) is 4.79 Å². The van der Waals surface area contributed by atoms with E-state index in [0.717, 1.165) is 6.42 Å². The van der Waals surface area contributed by atoms with Gasteiger partial charge in [0.25, 0.3) is 0 Å². The lowest BCUT2D eigenvalue weighted by Crippen LogP contribution is -2.34. The van der Waals surface area contributed by atoms with Gasteiger partial charge in [0.1, 0.15) is 18.8 Å². The molecular weight excluding hydrogens is 282 g/mol. The van der Waals surface area contributed by atoms with Crippen LogP contribution in [-0.2, 0) is 10.3 Å². The van der Waals surface area contributed by atoms with Crippen molar-refractivity contribution in [2.45, 2.75) is 24.8 Å². The van der Waals surface area contributed by atoms with Crippen LogP contribution in [0.1, 0.15) is 35.2 Å². The Kier molecular flexibility index (Phi) is 3.24. The SMILES string of the molecule is O=C=NC1(c2c(Cl)cc(C=O)c3c2OCCO3)CCC1. The second kappa shape index (κ2) is 4.93. The number of nitrogens with zero attached hydrogens (tertiary/aromatic N) is 1. The number of benzene rings is 1. The first kappa shape index (κ1) is 13.2. The van der Waals surface area contributed by atoms with Crippen molar-refractivity contribution in [3.05, 3.63) is 22.2 Å². The molecule has 1 aromatic rings. The molecule has 1 aliphatic heterocycles. The number of fused-ring (bicyclic) bond motifs is 1. The Bertz CT molecular complexity index is 618. The first-order chi connectivity index (χ1) is 9.72. The Hall–Kier alpha value is -1.84. The van der Waals surface area contributed by atoms with E-state index in [0.29, 0.717) is 60.0 Å². The molecule has 5 nitrogen and oxygen atoms in total. The topological polar surface area (TPSA) is 65.0 Å². The molecule has 0 unspecified atom stereocenters. The average molecular weight is 294 g/mol. The molecule has 2 aliphatic rings. The van der Waals surface area contributed by atoms with Gasteiger partial charge in [0.2, 0.25) is 6.08 Å². The van der Waals surface area contributed by atoms with Crippen molar-refractivity contribution in [3.8, 4) is 11.5 Å². The summed E-state index contributed by atoms with van der Waals surface area (Å²) < 4.78 is 11.2. The summed E-state index contributed by atoms with van der Waals surface area (Å²) in [6.07, 6.45) is 4.67. The quantitative estimate of drug-likeness (QED) is 0.488. The smallest absolute Gasteiger partial charge is 0.235 e. The number of aliphatic imine (C=N–C) groups is 1. The minimum atomic E-state index is -0.689. The van der Waals surface area contributed by atoms with Crippen molar-refractivity contribution >= 4 is 24.0 Å². The number of aldehydes is 1. The number of halogens is 1. The third kappa shape index (κ3) is 1.82. The van der Waals surface area contributed by atoms with E-state index in [1.165, 1.54) is 6.07 Å². The zero-order valence-corrected chi connectivity index (χ0v) is 11.4. The number of isocyanates is 1. The lowest BCUT2D eigenvalue weighted by Gasteiger charge is -2.39. The lowest BCUT2D eigenvalue weighted by atomic mass is 9.71. The van der Waals surface area contributed by atoms with Gasteiger partial charge in [-0.05, 0) is 25.3 Å². The van der Waals surface area contributed by atoms with Crippen molar-refractivity contribution in [2.24, 2.45) is 4.99 Å². The Morgan fingerprint density at radius 2 is 2.00 bits per heavy atom. The predicted octanol–water partition coefficient (Wildman–Crippen LogP) is 2.64. The van der Waals surface area contributed by atoms with E-state index in [9.17, 15) is 9.59 Å². The van der Waals surface area contributed by atoms with Crippen LogP contribution >= 0.6 is 11.6 Å². The molecule has 1 saturated carbocycles. The number of ether oxygens (including phenoxy) is 2. The molecule has 0 spiro atoms. The van der Waals surface area contributed by atoms with Gasteiger partial charge in [-0.15, -0.1) is 0 Å². The number of hydrogen-bond donors (Lipinski definition) is 0. The molecular formula is C14H12ClNO4. The molecule has 104 valence electrons. The molecule has 0 saturated heterocycles. The van der Waals surface area contributed by atoms with Crippen LogP contribution in [0.3, 0.4) is 0 Å². The molecule has 20 heavy (non-hydrogen) atoms. The highest BCUT2D eigenvalue weighted by molar-refractivity contribution is 6.32. The summed E-state index contributed by atoms with van der Waals surface area (Å²) in [4.78, 5) is 25.8. The van der Waals surface area contributed by atoms with Crippen LogP contribution in [0.4, 0.5) is 0 Å². The summed E-state index contributed by atoms with van der Waals surface area (Å²) in [5.74, 6) is 0.822. The molecule has 3 rings (SSSR count). The van der Waals surface area contributed by atoms with Crippen molar-refractivity contribution in [1.82, 2.24) is 0 Å². The minimum absolute atomic E-state index is 0.345. The third-order valence-electron chi connectivity index (χ3n) is 3.83. The van der Waals surface area contributed by atoms with E-state index in [-0.39, 0.29) is 0 Å². The van der Waals surface area contributed by atoms with Crippen molar-refractivity contribution < 1.29 is 19.1 Å². The normalized spacial score (nSPS) is 18.6. The van der Waals surface area contributed by atoms with Crippen LogP contribution in [0.2, 0.25) is 5.02 Å². The number of rotatable bonds is 3. The second-order valence-corrected chi connectivity index (χ2v) is 5.29. The maximum atomic E-state index is 11.1. The standard InChI is InChI=1S/C14H12ClNO4/c15-10-6-9(7-17)12-13(20-5-4-19-12)11(10)14(16-8-18)2-1-3-14/h6-7H,1-5H2. The van der Waals surface area contributed by atoms with Crippen LogP contribution in [0.15, 0.2) is 11.1 Å². The number of carbonyl (C=O) groups is 1. The first-order valence-electron chi connectivity index (χ1n) is 6.38. The maximum absolute atomic E-state index is 11.1. The van der Waals surface area contributed by atoms with Gasteiger partial charge >= 0.3 is 0 Å². The molecule has 1 heterocycles. The monoisotopic (exact) mass is 293 g/mol. The Morgan fingerprint density at radius 3 is 2.55 bits per heavy atom. The summed E-state index contributed by atoms with van der Waals surface area (Å²) >= 11 is 6.29. The third-order valence-corrected chi connectivity index (χ3v) is 4.12. The van der Waals surface area contributed by atoms with Crippen molar-refractivity contribution in [1.29, 1.82) is 0 Å². The van der Waals surface area contributed by atoms with E-state index >= 15 is 0 Å². The highest BCUT2D eigenvalue weighted by atomic mass is 35.5. The summed E-state index contributed by atoms with van der Waals surface area (Å²) in [6, 6.07) is 1.54. The molecule has 1 aromatic carbocycles. The Balaban J connectivity index is 2.25. The summed E-state index contributed by atoms with van der Waals surface area (Å²) in [5, 5.41) is 0.370. The minimum Gasteiger partial charge on any atom is -0.486 e. The fourth-order valence-corrected chi connectivity index (χ4v) is 3.12. The van der Waals surface area contributed by atoms with E-state index in [2.05, 4.69) is 4.99 Å². The largest absolute Gasteiger partial charge is 0.486 e. The first-order valence-corrected chi connectivity index (χ1v) is 6.76. The molecule has 6 heteroatoms. The molecule has 1 aliphatic carbocycles. The fraction of sp³-hybridized carbons (Fsp3) is 0.429. The van der Waals surface area contributed by atoms with Gasteiger partial charge in [-0.1, -0.05) is 11.6 Å². The van der Waals surface area contributed by atoms with Crippen LogP contribution in [0, 0.1) is 0 Å². The fourth-order valence-electron chi connectivity index (χ4n) is 2.74. The second-order valence-electron chi connectivity index (χ2n) is 4.88. The highest BCUT2D eigenvalue weighted by Gasteiger charge is 2.44. The molecule has 1 fully saturated rings. The highest BCUT2D eigenvalue weighted by Crippen LogP contribution is 2.54. The molecule has 0 N–H and O–H groups in total.